The van der Waals surface area contributed by atoms with Gasteiger partial charge in [0, 0.05) is 17.4 Å². The van der Waals surface area contributed by atoms with E-state index in [1.807, 2.05) is 12.1 Å². The average molecular weight is 284 g/mol. The van der Waals surface area contributed by atoms with Gasteiger partial charge in [-0.05, 0) is 44.4 Å². The molecule has 0 radical (unpaired) electrons. The number of nitrogens with one attached hydrogen (secondary N) is 2. The summed E-state index contributed by atoms with van der Waals surface area (Å²) < 4.78 is 0. The van der Waals surface area contributed by atoms with Gasteiger partial charge in [0.1, 0.15) is 5.82 Å². The van der Waals surface area contributed by atoms with Crippen molar-refractivity contribution in [2.75, 3.05) is 10.6 Å². The van der Waals surface area contributed by atoms with Crippen molar-refractivity contribution in [2.24, 2.45) is 0 Å². The van der Waals surface area contributed by atoms with Crippen LogP contribution in [0.1, 0.15) is 46.1 Å². The van der Waals surface area contributed by atoms with Crippen molar-refractivity contribution in [1.29, 1.82) is 0 Å². The number of para-hydroxylation sites is 1. The zero-order chi connectivity index (χ0) is 15.5. The molecule has 4 heteroatoms. The average Bonchev–Trinajstić information content (AvgIpc) is 2.37. The van der Waals surface area contributed by atoms with Gasteiger partial charge in [-0.1, -0.05) is 32.0 Å². The van der Waals surface area contributed by atoms with E-state index in [-0.39, 0.29) is 5.54 Å². The topological polar surface area (TPSA) is 49.8 Å². The van der Waals surface area contributed by atoms with Crippen molar-refractivity contribution in [3.63, 3.8) is 0 Å². The van der Waals surface area contributed by atoms with E-state index in [1.165, 1.54) is 5.56 Å². The molecule has 2 rings (SSSR count). The number of aromatic nitrogens is 2. The molecule has 0 aliphatic heterocycles. The fraction of sp³-hybridized carbons (Fsp3) is 0.412. The molecule has 0 atom stereocenters. The highest BCUT2D eigenvalue weighted by Gasteiger charge is 2.11. The lowest BCUT2D eigenvalue weighted by Gasteiger charge is -2.21. The first-order valence-corrected chi connectivity index (χ1v) is 7.32. The summed E-state index contributed by atoms with van der Waals surface area (Å²) in [7, 11) is 0. The first-order valence-electron chi connectivity index (χ1n) is 7.32. The lowest BCUT2D eigenvalue weighted by Crippen LogP contribution is -2.26. The molecule has 0 unspecified atom stereocenters. The van der Waals surface area contributed by atoms with Crippen molar-refractivity contribution in [3.05, 3.63) is 42.1 Å². The Balaban J connectivity index is 2.23. The molecule has 0 saturated carbocycles. The summed E-state index contributed by atoms with van der Waals surface area (Å²) in [5.41, 5.74) is 2.29. The standard InChI is InChI=1S/C17H24N4/c1-12(2)13-8-6-7-9-14(13)19-16-18-11-10-15(20-16)21-17(3,4)5/h6-12H,1-5H3,(H2,18,19,20,21). The monoisotopic (exact) mass is 284 g/mol. The number of hydrogen-bond acceptors (Lipinski definition) is 4. The zero-order valence-electron chi connectivity index (χ0n) is 13.4. The highest BCUT2D eigenvalue weighted by atomic mass is 15.2. The molecule has 0 saturated heterocycles. The van der Waals surface area contributed by atoms with Gasteiger partial charge < -0.3 is 10.6 Å². The van der Waals surface area contributed by atoms with E-state index < -0.39 is 0 Å². The summed E-state index contributed by atoms with van der Waals surface area (Å²) in [6.45, 7) is 10.7. The SMILES string of the molecule is CC(C)c1ccccc1Nc1nccc(NC(C)(C)C)n1. The van der Waals surface area contributed by atoms with Crippen molar-refractivity contribution in [1.82, 2.24) is 9.97 Å². The van der Waals surface area contributed by atoms with Crippen LogP contribution in [0.2, 0.25) is 0 Å². The van der Waals surface area contributed by atoms with Crippen molar-refractivity contribution in [2.45, 2.75) is 46.1 Å². The largest absolute Gasteiger partial charge is 0.365 e. The Morgan fingerprint density at radius 1 is 1.05 bits per heavy atom. The van der Waals surface area contributed by atoms with Crippen LogP contribution in [0.15, 0.2) is 36.5 Å². The maximum absolute atomic E-state index is 4.52. The Morgan fingerprint density at radius 2 is 1.76 bits per heavy atom. The minimum Gasteiger partial charge on any atom is -0.365 e. The summed E-state index contributed by atoms with van der Waals surface area (Å²) in [4.78, 5) is 8.82. The van der Waals surface area contributed by atoms with Gasteiger partial charge in [0.25, 0.3) is 0 Å². The van der Waals surface area contributed by atoms with E-state index in [2.05, 4.69) is 73.4 Å². The van der Waals surface area contributed by atoms with Gasteiger partial charge in [0.15, 0.2) is 0 Å². The smallest absolute Gasteiger partial charge is 0.229 e. The third-order valence-corrected chi connectivity index (χ3v) is 2.99. The second-order valence-electron chi connectivity index (χ2n) is 6.51. The zero-order valence-corrected chi connectivity index (χ0v) is 13.4. The molecule has 112 valence electrons. The maximum atomic E-state index is 4.52. The fourth-order valence-electron chi connectivity index (χ4n) is 2.11. The molecule has 1 heterocycles. The van der Waals surface area contributed by atoms with E-state index in [4.69, 9.17) is 0 Å². The third kappa shape index (κ3) is 4.45. The van der Waals surface area contributed by atoms with Crippen LogP contribution in [0.25, 0.3) is 0 Å². The highest BCUT2D eigenvalue weighted by Crippen LogP contribution is 2.26. The minimum absolute atomic E-state index is 0.0263. The van der Waals surface area contributed by atoms with Crippen LogP contribution in [-0.4, -0.2) is 15.5 Å². The number of anilines is 3. The first kappa shape index (κ1) is 15.3. The van der Waals surface area contributed by atoms with Crippen LogP contribution in [-0.2, 0) is 0 Å². The molecular formula is C17H24N4. The Bertz CT molecular complexity index is 600. The second kappa shape index (κ2) is 6.12. The molecule has 1 aromatic heterocycles. The normalized spacial score (nSPS) is 11.5. The molecule has 2 aromatic rings. The summed E-state index contributed by atoms with van der Waals surface area (Å²) in [5.74, 6) is 1.88. The molecular weight excluding hydrogens is 260 g/mol. The van der Waals surface area contributed by atoms with Gasteiger partial charge in [-0.15, -0.1) is 0 Å². The van der Waals surface area contributed by atoms with E-state index in [0.717, 1.165) is 11.5 Å². The van der Waals surface area contributed by atoms with Crippen molar-refractivity contribution < 1.29 is 0 Å². The number of hydrogen-bond donors (Lipinski definition) is 2. The first-order chi connectivity index (χ1) is 9.85. The van der Waals surface area contributed by atoms with Crippen LogP contribution < -0.4 is 10.6 Å². The molecule has 4 nitrogen and oxygen atoms in total. The molecule has 0 bridgehead atoms. The Labute approximate surface area is 127 Å². The van der Waals surface area contributed by atoms with E-state index in [0.29, 0.717) is 11.9 Å². The van der Waals surface area contributed by atoms with Crippen LogP contribution in [0.4, 0.5) is 17.5 Å². The molecule has 21 heavy (non-hydrogen) atoms. The van der Waals surface area contributed by atoms with Crippen LogP contribution in [0, 0.1) is 0 Å². The van der Waals surface area contributed by atoms with E-state index in [1.54, 1.807) is 6.20 Å². The van der Waals surface area contributed by atoms with Gasteiger partial charge in [-0.25, -0.2) is 4.98 Å². The van der Waals surface area contributed by atoms with E-state index in [9.17, 15) is 0 Å². The van der Waals surface area contributed by atoms with Gasteiger partial charge in [0.2, 0.25) is 5.95 Å². The quantitative estimate of drug-likeness (QED) is 0.864. The van der Waals surface area contributed by atoms with Crippen molar-refractivity contribution >= 4 is 17.5 Å². The highest BCUT2D eigenvalue weighted by molar-refractivity contribution is 5.60. The van der Waals surface area contributed by atoms with Gasteiger partial charge >= 0.3 is 0 Å². The van der Waals surface area contributed by atoms with Gasteiger partial charge in [0.05, 0.1) is 0 Å². The summed E-state index contributed by atoms with van der Waals surface area (Å²) in [6.07, 6.45) is 1.77. The third-order valence-electron chi connectivity index (χ3n) is 2.99. The maximum Gasteiger partial charge on any atom is 0.229 e. The lowest BCUT2D eigenvalue weighted by molar-refractivity contribution is 0.630. The fourth-order valence-corrected chi connectivity index (χ4v) is 2.11. The lowest BCUT2D eigenvalue weighted by atomic mass is 10.0. The Kier molecular flexibility index (Phi) is 4.46. The number of rotatable bonds is 4. The molecule has 0 spiro atoms. The number of nitrogens with zero attached hydrogens (tertiary/aromatic N) is 2. The molecule has 1 aromatic carbocycles. The molecule has 0 amide bonds. The minimum atomic E-state index is -0.0263. The molecule has 0 aliphatic carbocycles. The predicted octanol–water partition coefficient (Wildman–Crippen LogP) is 4.55. The van der Waals surface area contributed by atoms with Crippen LogP contribution >= 0.6 is 0 Å². The van der Waals surface area contributed by atoms with Crippen molar-refractivity contribution in [3.8, 4) is 0 Å². The summed E-state index contributed by atoms with van der Waals surface area (Å²) in [5, 5.41) is 6.67. The summed E-state index contributed by atoms with van der Waals surface area (Å²) >= 11 is 0. The van der Waals surface area contributed by atoms with Gasteiger partial charge in [-0.3, -0.25) is 0 Å². The van der Waals surface area contributed by atoms with Crippen LogP contribution in [0.5, 0.6) is 0 Å². The summed E-state index contributed by atoms with van der Waals surface area (Å²) in [6, 6.07) is 10.1. The molecule has 2 N–H and O–H groups in total. The molecule has 0 fully saturated rings. The van der Waals surface area contributed by atoms with E-state index >= 15 is 0 Å². The van der Waals surface area contributed by atoms with Crippen LogP contribution in [0.3, 0.4) is 0 Å². The number of benzene rings is 1. The predicted molar refractivity (Wildman–Crippen MR) is 89.2 cm³/mol. The second-order valence-corrected chi connectivity index (χ2v) is 6.51. The molecule has 0 aliphatic rings. The van der Waals surface area contributed by atoms with Gasteiger partial charge in [-0.2, -0.15) is 4.98 Å². The Morgan fingerprint density at radius 3 is 2.43 bits per heavy atom. The Hall–Kier alpha value is -2.10.